The van der Waals surface area contributed by atoms with Crippen LogP contribution >= 0.6 is 0 Å². The average molecular weight is 302 g/mol. The van der Waals surface area contributed by atoms with Crippen LogP contribution in [0.25, 0.3) is 0 Å². The Morgan fingerprint density at radius 1 is 1.00 bits per heavy atom. The standard InChI is InChI=1S/C16H19AsO/c1-13-7-5-6-10-15(13)18-16(11-12-17)14-8-3-2-4-9-14/h2-10,16H,11-12,17H2,1H3. The van der Waals surface area contributed by atoms with E-state index in [2.05, 4.69) is 37.3 Å². The molecule has 0 bridgehead atoms. The summed E-state index contributed by atoms with van der Waals surface area (Å²) in [7, 11) is 0. The fourth-order valence-electron chi connectivity index (χ4n) is 1.95. The van der Waals surface area contributed by atoms with Crippen LogP contribution in [-0.2, 0) is 0 Å². The first-order valence-electron chi connectivity index (χ1n) is 6.28. The Morgan fingerprint density at radius 2 is 1.67 bits per heavy atom. The van der Waals surface area contributed by atoms with Crippen LogP contribution in [0.5, 0.6) is 5.75 Å². The molecule has 0 radical (unpaired) electrons. The van der Waals surface area contributed by atoms with Gasteiger partial charge in [-0.3, -0.25) is 0 Å². The normalized spacial score (nSPS) is 12.1. The van der Waals surface area contributed by atoms with Gasteiger partial charge in [0.2, 0.25) is 0 Å². The number of para-hydroxylation sites is 1. The molecule has 0 fully saturated rings. The monoisotopic (exact) mass is 302 g/mol. The van der Waals surface area contributed by atoms with Gasteiger partial charge in [0.05, 0.1) is 0 Å². The number of ether oxygens (including phenoxy) is 1. The van der Waals surface area contributed by atoms with Crippen LogP contribution in [0.3, 0.4) is 0 Å². The Labute approximate surface area is 118 Å². The van der Waals surface area contributed by atoms with E-state index < -0.39 is 0 Å². The first-order valence-corrected chi connectivity index (χ1v) is 8.00. The summed E-state index contributed by atoms with van der Waals surface area (Å²) in [5.41, 5.74) is 2.46. The van der Waals surface area contributed by atoms with Crippen molar-refractivity contribution in [2.45, 2.75) is 24.7 Å². The predicted octanol–water partition coefficient (Wildman–Crippen LogP) is 3.56. The predicted molar refractivity (Wildman–Crippen MR) is 79.0 cm³/mol. The minimum absolute atomic E-state index is 0.166. The summed E-state index contributed by atoms with van der Waals surface area (Å²) in [4.78, 5) is 0. The zero-order chi connectivity index (χ0) is 12.8. The van der Waals surface area contributed by atoms with E-state index in [1.807, 2.05) is 24.3 Å². The van der Waals surface area contributed by atoms with Crippen molar-refractivity contribution in [2.75, 3.05) is 0 Å². The van der Waals surface area contributed by atoms with Gasteiger partial charge in [0.15, 0.2) is 0 Å². The van der Waals surface area contributed by atoms with Gasteiger partial charge in [-0.05, 0) is 0 Å². The van der Waals surface area contributed by atoms with Gasteiger partial charge in [-0.25, -0.2) is 0 Å². The fourth-order valence-corrected chi connectivity index (χ4v) is 2.59. The van der Waals surface area contributed by atoms with Crippen molar-refractivity contribution >= 4 is 16.9 Å². The molecule has 2 rings (SSSR count). The third-order valence-corrected chi connectivity index (χ3v) is 3.66. The first kappa shape index (κ1) is 13.2. The third-order valence-electron chi connectivity index (χ3n) is 2.96. The van der Waals surface area contributed by atoms with Crippen LogP contribution in [0.4, 0.5) is 0 Å². The molecule has 0 aliphatic heterocycles. The minimum atomic E-state index is 0.166. The Kier molecular flexibility index (Phi) is 4.89. The summed E-state index contributed by atoms with van der Waals surface area (Å²) in [6.07, 6.45) is 1.23. The molecule has 0 amide bonds. The van der Waals surface area contributed by atoms with Crippen LogP contribution in [0.15, 0.2) is 54.6 Å². The molecule has 18 heavy (non-hydrogen) atoms. The van der Waals surface area contributed by atoms with Crippen molar-refractivity contribution in [3.63, 3.8) is 0 Å². The number of rotatable bonds is 5. The molecule has 1 nitrogen and oxygen atoms in total. The summed E-state index contributed by atoms with van der Waals surface area (Å²) in [6, 6.07) is 18.7. The van der Waals surface area contributed by atoms with Gasteiger partial charge >= 0.3 is 118 Å². The summed E-state index contributed by atoms with van der Waals surface area (Å²) in [6.45, 7) is 2.09. The summed E-state index contributed by atoms with van der Waals surface area (Å²) < 4.78 is 6.18. The maximum absolute atomic E-state index is 6.18. The van der Waals surface area contributed by atoms with Crippen molar-refractivity contribution < 1.29 is 4.74 Å². The van der Waals surface area contributed by atoms with Gasteiger partial charge in [-0.15, -0.1) is 0 Å². The van der Waals surface area contributed by atoms with Crippen molar-refractivity contribution in [2.24, 2.45) is 0 Å². The third kappa shape index (κ3) is 3.40. The molecular weight excluding hydrogens is 283 g/mol. The fraction of sp³-hybridized carbons (Fsp3) is 0.250. The Balaban J connectivity index is 2.19. The molecule has 0 spiro atoms. The molecule has 0 aliphatic carbocycles. The van der Waals surface area contributed by atoms with Crippen LogP contribution < -0.4 is 4.74 Å². The molecule has 2 unspecified atom stereocenters. The van der Waals surface area contributed by atoms with Crippen molar-refractivity contribution in [3.05, 3.63) is 65.7 Å². The molecule has 2 atom stereocenters. The molecule has 0 saturated heterocycles. The maximum atomic E-state index is 6.18. The molecular formula is C16H19AsO. The van der Waals surface area contributed by atoms with Crippen LogP contribution in [0.1, 0.15) is 23.7 Å². The molecule has 94 valence electrons. The summed E-state index contributed by atoms with van der Waals surface area (Å²) in [5, 5.41) is 1.18. The van der Waals surface area contributed by atoms with Crippen LogP contribution in [0, 0.1) is 6.92 Å². The van der Waals surface area contributed by atoms with Crippen molar-refractivity contribution in [3.8, 4) is 5.75 Å². The van der Waals surface area contributed by atoms with E-state index in [0.29, 0.717) is 0 Å². The van der Waals surface area contributed by atoms with Gasteiger partial charge in [0, 0.05) is 0 Å². The summed E-state index contributed by atoms with van der Waals surface area (Å²) in [5.74, 6) is 0.993. The van der Waals surface area contributed by atoms with Crippen molar-refractivity contribution in [1.29, 1.82) is 0 Å². The number of aryl methyl sites for hydroxylation is 1. The van der Waals surface area contributed by atoms with E-state index in [0.717, 1.165) is 12.2 Å². The SMILES string of the molecule is Cc1ccccc1OC(CC[AsH2])c1ccccc1. The molecule has 0 heterocycles. The Morgan fingerprint density at radius 3 is 2.33 bits per heavy atom. The second-order valence-corrected chi connectivity index (χ2v) is 5.57. The molecule has 2 aromatic carbocycles. The van der Waals surface area contributed by atoms with E-state index >= 15 is 0 Å². The van der Waals surface area contributed by atoms with Gasteiger partial charge in [-0.1, -0.05) is 0 Å². The zero-order valence-corrected chi connectivity index (χ0v) is 13.1. The van der Waals surface area contributed by atoms with Gasteiger partial charge in [0.1, 0.15) is 0 Å². The molecule has 2 aromatic rings. The van der Waals surface area contributed by atoms with Gasteiger partial charge < -0.3 is 0 Å². The van der Waals surface area contributed by atoms with E-state index in [-0.39, 0.29) is 6.10 Å². The van der Waals surface area contributed by atoms with E-state index in [9.17, 15) is 0 Å². The topological polar surface area (TPSA) is 9.23 Å². The molecule has 2 heteroatoms. The molecule has 0 saturated carbocycles. The number of benzene rings is 2. The van der Waals surface area contributed by atoms with E-state index in [1.54, 1.807) is 16.9 Å². The number of hydrogen-bond acceptors (Lipinski definition) is 1. The molecule has 0 aromatic heterocycles. The Bertz CT molecular complexity index is 481. The van der Waals surface area contributed by atoms with E-state index in [4.69, 9.17) is 4.74 Å². The quantitative estimate of drug-likeness (QED) is 0.767. The van der Waals surface area contributed by atoms with Gasteiger partial charge in [0.25, 0.3) is 0 Å². The Hall–Kier alpha value is -1.20. The van der Waals surface area contributed by atoms with Gasteiger partial charge in [-0.2, -0.15) is 0 Å². The molecule has 0 aliphatic rings. The van der Waals surface area contributed by atoms with Crippen LogP contribution in [0.2, 0.25) is 5.21 Å². The molecule has 0 N–H and O–H groups in total. The zero-order valence-electron chi connectivity index (χ0n) is 10.7. The van der Waals surface area contributed by atoms with Crippen LogP contribution in [-0.4, -0.2) is 16.9 Å². The first-order chi connectivity index (χ1) is 8.81. The summed E-state index contributed by atoms with van der Waals surface area (Å²) >= 11 is 1.76. The number of hydrogen-bond donors (Lipinski definition) is 0. The van der Waals surface area contributed by atoms with E-state index in [1.165, 1.54) is 16.3 Å². The second-order valence-electron chi connectivity index (χ2n) is 4.36. The second kappa shape index (κ2) is 6.66. The van der Waals surface area contributed by atoms with Crippen molar-refractivity contribution in [1.82, 2.24) is 0 Å². The average Bonchev–Trinajstić information content (AvgIpc) is 2.42.